The van der Waals surface area contributed by atoms with Gasteiger partial charge in [0.05, 0.1) is 0 Å². The van der Waals surface area contributed by atoms with Gasteiger partial charge >= 0.3 is 6.09 Å². The monoisotopic (exact) mass is 378 g/mol. The van der Waals surface area contributed by atoms with E-state index in [-0.39, 0.29) is 25.1 Å². The van der Waals surface area contributed by atoms with Crippen LogP contribution in [0.2, 0.25) is 10.0 Å². The number of halogens is 3. The van der Waals surface area contributed by atoms with E-state index in [1.165, 1.54) is 0 Å². The Hall–Kier alpha value is -0.680. The van der Waals surface area contributed by atoms with E-state index in [0.717, 1.165) is 51.0 Å². The highest BCUT2D eigenvalue weighted by atomic mass is 35.5. The molecular formula is C16H21Cl3N2O2. The number of likely N-dealkylation sites (tertiary alicyclic amines) is 1. The zero-order valence-electron chi connectivity index (χ0n) is 12.8. The normalized spacial score (nSPS) is 19.5. The molecule has 4 nitrogen and oxygen atoms in total. The summed E-state index contributed by atoms with van der Waals surface area (Å²) in [7, 11) is 0. The Morgan fingerprint density at radius 2 is 1.83 bits per heavy atom. The Kier molecular flexibility index (Phi) is 6.43. The summed E-state index contributed by atoms with van der Waals surface area (Å²) in [4.78, 5) is 14.1. The second kappa shape index (κ2) is 7.93. The SMILES string of the molecule is Cl.O=C(OCc1cc(Cl)cc(Cl)c1)N1CCC2(CCNCC2)C1. The van der Waals surface area contributed by atoms with Crippen LogP contribution in [-0.4, -0.2) is 37.2 Å². The van der Waals surface area contributed by atoms with Crippen molar-refractivity contribution in [1.82, 2.24) is 10.2 Å². The van der Waals surface area contributed by atoms with Crippen molar-refractivity contribution in [1.29, 1.82) is 0 Å². The maximum absolute atomic E-state index is 12.2. The molecule has 0 aromatic heterocycles. The van der Waals surface area contributed by atoms with Crippen molar-refractivity contribution in [3.05, 3.63) is 33.8 Å². The van der Waals surface area contributed by atoms with Crippen molar-refractivity contribution in [2.45, 2.75) is 25.9 Å². The number of benzene rings is 1. The van der Waals surface area contributed by atoms with Crippen LogP contribution in [0.3, 0.4) is 0 Å². The van der Waals surface area contributed by atoms with E-state index < -0.39 is 0 Å². The summed E-state index contributed by atoms with van der Waals surface area (Å²) in [5.74, 6) is 0. The molecule has 0 atom stereocenters. The molecule has 0 unspecified atom stereocenters. The third-order valence-electron chi connectivity index (χ3n) is 4.65. The molecule has 1 spiro atoms. The van der Waals surface area contributed by atoms with E-state index in [0.29, 0.717) is 15.5 Å². The molecule has 0 aliphatic carbocycles. The first-order valence-corrected chi connectivity index (χ1v) is 8.39. The molecule has 2 fully saturated rings. The van der Waals surface area contributed by atoms with Crippen molar-refractivity contribution < 1.29 is 9.53 Å². The predicted octanol–water partition coefficient (Wildman–Crippen LogP) is 4.13. The quantitative estimate of drug-likeness (QED) is 0.840. The van der Waals surface area contributed by atoms with Crippen LogP contribution in [0.5, 0.6) is 0 Å². The Labute approximate surface area is 152 Å². The molecule has 3 rings (SSSR count). The van der Waals surface area contributed by atoms with Crippen molar-refractivity contribution in [3.8, 4) is 0 Å². The number of nitrogens with zero attached hydrogens (tertiary/aromatic N) is 1. The fraction of sp³-hybridized carbons (Fsp3) is 0.562. The fourth-order valence-corrected chi connectivity index (χ4v) is 3.96. The fourth-order valence-electron chi connectivity index (χ4n) is 3.39. The third kappa shape index (κ3) is 4.66. The maximum Gasteiger partial charge on any atom is 0.410 e. The molecule has 1 amide bonds. The molecule has 2 heterocycles. The summed E-state index contributed by atoms with van der Waals surface area (Å²) in [5, 5.41) is 4.48. The van der Waals surface area contributed by atoms with Crippen LogP contribution in [0.1, 0.15) is 24.8 Å². The molecule has 2 saturated heterocycles. The number of hydrogen-bond donors (Lipinski definition) is 1. The lowest BCUT2D eigenvalue weighted by Gasteiger charge is -2.33. The van der Waals surface area contributed by atoms with Gasteiger partial charge in [-0.1, -0.05) is 23.2 Å². The molecule has 1 N–H and O–H groups in total. The molecular weight excluding hydrogens is 359 g/mol. The molecule has 1 aromatic rings. The number of hydrogen-bond acceptors (Lipinski definition) is 3. The van der Waals surface area contributed by atoms with Gasteiger partial charge in [-0.3, -0.25) is 0 Å². The van der Waals surface area contributed by atoms with Gasteiger partial charge in [-0.15, -0.1) is 12.4 Å². The van der Waals surface area contributed by atoms with Crippen molar-refractivity contribution in [2.24, 2.45) is 5.41 Å². The molecule has 0 bridgehead atoms. The summed E-state index contributed by atoms with van der Waals surface area (Å²) in [5.41, 5.74) is 1.10. The van der Waals surface area contributed by atoms with E-state index in [1.807, 2.05) is 4.90 Å². The molecule has 2 aliphatic rings. The van der Waals surface area contributed by atoms with Gasteiger partial charge in [-0.2, -0.15) is 0 Å². The average molecular weight is 380 g/mol. The van der Waals surface area contributed by atoms with Crippen LogP contribution in [0.15, 0.2) is 18.2 Å². The van der Waals surface area contributed by atoms with E-state index in [4.69, 9.17) is 27.9 Å². The highest BCUT2D eigenvalue weighted by Gasteiger charge is 2.40. The minimum atomic E-state index is -0.244. The van der Waals surface area contributed by atoms with Crippen LogP contribution in [0.25, 0.3) is 0 Å². The lowest BCUT2D eigenvalue weighted by Crippen LogP contribution is -2.39. The van der Waals surface area contributed by atoms with E-state index in [9.17, 15) is 4.79 Å². The zero-order chi connectivity index (χ0) is 15.6. The van der Waals surface area contributed by atoms with Crippen LogP contribution in [0.4, 0.5) is 4.79 Å². The minimum Gasteiger partial charge on any atom is -0.445 e. The van der Waals surface area contributed by atoms with Crippen molar-refractivity contribution >= 4 is 41.7 Å². The predicted molar refractivity (Wildman–Crippen MR) is 94.6 cm³/mol. The standard InChI is InChI=1S/C16H20Cl2N2O2.ClH/c17-13-7-12(8-14(18)9-13)10-22-15(21)20-6-3-16(11-20)1-4-19-5-2-16;/h7-9,19H,1-6,10-11H2;1H. The number of piperidine rings is 1. The van der Waals surface area contributed by atoms with Gasteiger partial charge in [0.25, 0.3) is 0 Å². The Bertz CT molecular complexity index is 542. The number of rotatable bonds is 2. The first-order valence-electron chi connectivity index (χ1n) is 7.64. The topological polar surface area (TPSA) is 41.6 Å². The molecule has 1 aromatic carbocycles. The Morgan fingerprint density at radius 1 is 1.17 bits per heavy atom. The van der Waals surface area contributed by atoms with Crippen molar-refractivity contribution in [2.75, 3.05) is 26.2 Å². The van der Waals surface area contributed by atoms with Crippen molar-refractivity contribution in [3.63, 3.8) is 0 Å². The van der Waals surface area contributed by atoms with E-state index >= 15 is 0 Å². The van der Waals surface area contributed by atoms with Gasteiger partial charge in [0.15, 0.2) is 0 Å². The lowest BCUT2D eigenvalue weighted by molar-refractivity contribution is 0.0967. The molecule has 2 aliphatic heterocycles. The summed E-state index contributed by atoms with van der Waals surface area (Å²) >= 11 is 11.9. The third-order valence-corrected chi connectivity index (χ3v) is 5.08. The maximum atomic E-state index is 12.2. The Balaban J connectivity index is 0.00000192. The summed E-state index contributed by atoms with van der Waals surface area (Å²) < 4.78 is 5.41. The van der Waals surface area contributed by atoms with Crippen LogP contribution >= 0.6 is 35.6 Å². The van der Waals surface area contributed by atoms with Gasteiger partial charge < -0.3 is 15.0 Å². The second-order valence-electron chi connectivity index (χ2n) is 6.25. The molecule has 0 radical (unpaired) electrons. The van der Waals surface area contributed by atoms with Crippen LogP contribution in [0, 0.1) is 5.41 Å². The molecule has 0 saturated carbocycles. The number of ether oxygens (including phenoxy) is 1. The van der Waals surface area contributed by atoms with E-state index in [2.05, 4.69) is 5.32 Å². The van der Waals surface area contributed by atoms with Crippen LogP contribution < -0.4 is 5.32 Å². The average Bonchev–Trinajstić information content (AvgIpc) is 2.88. The number of carbonyl (C=O) groups excluding carboxylic acids is 1. The highest BCUT2D eigenvalue weighted by molar-refractivity contribution is 6.34. The van der Waals surface area contributed by atoms with Gasteiger partial charge in [-0.05, 0) is 61.5 Å². The van der Waals surface area contributed by atoms with Gasteiger partial charge in [0, 0.05) is 23.1 Å². The number of carbonyl (C=O) groups is 1. The largest absolute Gasteiger partial charge is 0.445 e. The Morgan fingerprint density at radius 3 is 2.48 bits per heavy atom. The number of nitrogens with one attached hydrogen (secondary N) is 1. The van der Waals surface area contributed by atoms with Gasteiger partial charge in [-0.25, -0.2) is 4.79 Å². The van der Waals surface area contributed by atoms with Gasteiger partial charge in [0.1, 0.15) is 6.61 Å². The van der Waals surface area contributed by atoms with E-state index in [1.54, 1.807) is 18.2 Å². The molecule has 23 heavy (non-hydrogen) atoms. The first-order chi connectivity index (χ1) is 10.6. The number of amides is 1. The summed E-state index contributed by atoms with van der Waals surface area (Å²) in [6, 6.07) is 5.19. The molecule has 128 valence electrons. The molecule has 7 heteroatoms. The minimum absolute atomic E-state index is 0. The first kappa shape index (κ1) is 18.7. The highest BCUT2D eigenvalue weighted by Crippen LogP contribution is 2.38. The van der Waals surface area contributed by atoms with Gasteiger partial charge in [0.2, 0.25) is 0 Å². The summed E-state index contributed by atoms with van der Waals surface area (Å²) in [6.07, 6.45) is 3.11. The van der Waals surface area contributed by atoms with Crippen LogP contribution in [-0.2, 0) is 11.3 Å². The smallest absolute Gasteiger partial charge is 0.410 e. The lowest BCUT2D eigenvalue weighted by atomic mass is 9.78. The second-order valence-corrected chi connectivity index (χ2v) is 7.13. The summed E-state index contributed by atoms with van der Waals surface area (Å²) in [6.45, 7) is 3.89. The zero-order valence-corrected chi connectivity index (χ0v) is 15.1.